The number of fused-ring (bicyclic) bond motifs is 6. The van der Waals surface area contributed by atoms with Gasteiger partial charge in [0, 0.05) is 51.7 Å². The summed E-state index contributed by atoms with van der Waals surface area (Å²) >= 11 is 0. The Balaban J connectivity index is 0.721. The topological polar surface area (TPSA) is 41.5 Å². The Kier molecular flexibility index (Phi) is 11.5. The fourth-order valence-electron chi connectivity index (χ4n) is 12.3. The summed E-state index contributed by atoms with van der Waals surface area (Å²) in [7, 11) is 0. The van der Waals surface area contributed by atoms with Gasteiger partial charge in [-0.3, -0.25) is 9.97 Å². The van der Waals surface area contributed by atoms with Crippen LogP contribution in [0.15, 0.2) is 261 Å². The molecule has 81 heavy (non-hydrogen) atoms. The molecular weight excluding hydrogens is 985 g/mol. The van der Waals surface area contributed by atoms with E-state index in [4.69, 9.17) is 14.7 Å². The highest BCUT2D eigenvalue weighted by molar-refractivity contribution is 5.91. The summed E-state index contributed by atoms with van der Waals surface area (Å²) in [6.45, 7) is 6.86. The molecule has 3 aliphatic rings. The Bertz CT molecular complexity index is 4360. The van der Waals surface area contributed by atoms with Crippen LogP contribution in [0.3, 0.4) is 0 Å². The van der Waals surface area contributed by atoms with Gasteiger partial charge in [-0.15, -0.1) is 0 Å². The van der Waals surface area contributed by atoms with E-state index in [2.05, 4.69) is 255 Å². The van der Waals surface area contributed by atoms with Gasteiger partial charge >= 0.3 is 0 Å². The second-order valence-corrected chi connectivity index (χ2v) is 22.3. The number of anilines is 6. The van der Waals surface area contributed by atoms with Crippen molar-refractivity contribution in [2.24, 2.45) is 0 Å². The van der Waals surface area contributed by atoms with E-state index in [1.165, 1.54) is 55.6 Å². The first-order valence-corrected chi connectivity index (χ1v) is 28.0. The first-order chi connectivity index (χ1) is 39.8. The second-order valence-electron chi connectivity index (χ2n) is 22.3. The maximum Gasteiger partial charge on any atom is 0.152 e. The van der Waals surface area contributed by atoms with Crippen LogP contribution >= 0.6 is 0 Å². The summed E-state index contributed by atoms with van der Waals surface area (Å²) in [5.74, 6) is 1.63. The van der Waals surface area contributed by atoms with Crippen LogP contribution in [0, 0.1) is 6.92 Å². The lowest BCUT2D eigenvalue weighted by Crippen LogP contribution is -2.16. The van der Waals surface area contributed by atoms with E-state index in [1.54, 1.807) is 0 Å². The molecule has 386 valence electrons. The smallest absolute Gasteiger partial charge is 0.152 e. The second kappa shape index (κ2) is 19.4. The molecule has 10 aromatic carbocycles. The number of benzene rings is 10. The van der Waals surface area contributed by atoms with Gasteiger partial charge < -0.3 is 14.5 Å². The van der Waals surface area contributed by atoms with E-state index in [0.29, 0.717) is 0 Å². The third-order valence-corrected chi connectivity index (χ3v) is 17.0. The number of hydrogen-bond donors (Lipinski definition) is 0. The molecule has 15 rings (SSSR count). The lowest BCUT2D eigenvalue weighted by molar-refractivity contribution is 0.477. The zero-order valence-electron chi connectivity index (χ0n) is 45.4. The van der Waals surface area contributed by atoms with E-state index < -0.39 is 0 Å². The fraction of sp³-hybridized carbons (Fsp3) is 0.0789. The molecule has 0 N–H and O–H groups in total. The summed E-state index contributed by atoms with van der Waals surface area (Å²) in [5.41, 5.74) is 28.7. The molecular formula is C76H56N4O. The molecule has 0 fully saturated rings. The summed E-state index contributed by atoms with van der Waals surface area (Å²) in [4.78, 5) is 14.3. The van der Waals surface area contributed by atoms with Gasteiger partial charge in [0.2, 0.25) is 0 Å². The molecule has 2 aliphatic carbocycles. The Morgan fingerprint density at radius 3 is 1.32 bits per heavy atom. The van der Waals surface area contributed by atoms with Gasteiger partial charge in [-0.05, 0) is 195 Å². The highest BCUT2D eigenvalue weighted by atomic mass is 16.5. The molecule has 1 aliphatic heterocycles. The van der Waals surface area contributed by atoms with Crippen LogP contribution < -0.4 is 14.5 Å². The van der Waals surface area contributed by atoms with Crippen molar-refractivity contribution in [3.05, 3.63) is 289 Å². The number of rotatable bonds is 10. The van der Waals surface area contributed by atoms with Crippen molar-refractivity contribution in [2.75, 3.05) is 9.80 Å². The molecule has 5 nitrogen and oxygen atoms in total. The van der Waals surface area contributed by atoms with E-state index in [9.17, 15) is 0 Å². The molecule has 0 unspecified atom stereocenters. The molecule has 2 aromatic heterocycles. The minimum Gasteiger partial charge on any atom is -0.453 e. The van der Waals surface area contributed by atoms with Crippen molar-refractivity contribution >= 4 is 34.1 Å². The van der Waals surface area contributed by atoms with Gasteiger partial charge in [-0.25, -0.2) is 0 Å². The average molecular weight is 1040 g/mol. The van der Waals surface area contributed by atoms with Gasteiger partial charge in [0.1, 0.15) is 0 Å². The van der Waals surface area contributed by atoms with Crippen molar-refractivity contribution in [3.8, 4) is 89.6 Å². The Hall–Kier alpha value is -10.1. The monoisotopic (exact) mass is 1040 g/mol. The molecule has 0 spiro atoms. The van der Waals surface area contributed by atoms with Crippen molar-refractivity contribution in [1.82, 2.24) is 9.97 Å². The number of aromatic nitrogens is 2. The zero-order valence-corrected chi connectivity index (χ0v) is 45.4. The van der Waals surface area contributed by atoms with Gasteiger partial charge in [0.05, 0.1) is 22.8 Å². The Morgan fingerprint density at radius 2 is 0.815 bits per heavy atom. The van der Waals surface area contributed by atoms with Crippen LogP contribution in [0.4, 0.5) is 34.1 Å². The lowest BCUT2D eigenvalue weighted by Gasteiger charge is -2.33. The van der Waals surface area contributed by atoms with Crippen LogP contribution in [0.2, 0.25) is 0 Å². The Labute approximate surface area is 473 Å². The van der Waals surface area contributed by atoms with Crippen molar-refractivity contribution in [3.63, 3.8) is 0 Å². The minimum atomic E-state index is -0.165. The molecule has 0 saturated heterocycles. The SMILES string of the molecule is Cc1ccc(N2c3ccc(-c4ccc(N(c5ccc(-c6ccc(-c7ccc(-c8ccccc8)cn7)nc6)cc5)c5ccc6c(c5)CC6)cc4)cc3Oc3cc(-c4ccc5c(c4)C(C)(C)c4cc(-c6ccccc6)ccc4-5)ccc32)cc1. The quantitative estimate of drug-likeness (QED) is 0.137. The molecule has 5 heteroatoms. The largest absolute Gasteiger partial charge is 0.453 e. The molecule has 12 aromatic rings. The number of nitrogens with zero attached hydrogens (tertiary/aromatic N) is 4. The molecule has 0 atom stereocenters. The van der Waals surface area contributed by atoms with E-state index >= 15 is 0 Å². The number of ether oxygens (including phenoxy) is 1. The normalized spacial score (nSPS) is 13.2. The molecule has 3 heterocycles. The lowest BCUT2D eigenvalue weighted by atomic mass is 9.81. The summed E-state index contributed by atoms with van der Waals surface area (Å²) < 4.78 is 7.05. The van der Waals surface area contributed by atoms with Crippen LogP contribution in [0.5, 0.6) is 11.5 Å². The van der Waals surface area contributed by atoms with Crippen LogP contribution in [-0.2, 0) is 18.3 Å². The first kappa shape index (κ1) is 48.1. The van der Waals surface area contributed by atoms with Gasteiger partial charge in [0.25, 0.3) is 0 Å². The third-order valence-electron chi connectivity index (χ3n) is 17.0. The maximum absolute atomic E-state index is 7.05. The molecule has 0 radical (unpaired) electrons. The van der Waals surface area contributed by atoms with E-state index in [-0.39, 0.29) is 5.41 Å². The van der Waals surface area contributed by atoms with Gasteiger partial charge in [-0.2, -0.15) is 0 Å². The van der Waals surface area contributed by atoms with Gasteiger partial charge in [0.15, 0.2) is 11.5 Å². The number of pyridine rings is 2. The predicted octanol–water partition coefficient (Wildman–Crippen LogP) is 20.2. The summed E-state index contributed by atoms with van der Waals surface area (Å²) in [5, 5.41) is 0. The van der Waals surface area contributed by atoms with Crippen molar-refractivity contribution in [1.29, 1.82) is 0 Å². The number of aryl methyl sites for hydroxylation is 3. The maximum atomic E-state index is 7.05. The minimum absolute atomic E-state index is 0.165. The van der Waals surface area contributed by atoms with Crippen LogP contribution in [0.25, 0.3) is 78.1 Å². The molecule has 0 saturated carbocycles. The summed E-state index contributed by atoms with van der Waals surface area (Å²) in [6.07, 6.45) is 6.11. The van der Waals surface area contributed by atoms with Gasteiger partial charge in [-0.1, -0.05) is 171 Å². The Morgan fingerprint density at radius 1 is 0.383 bits per heavy atom. The first-order valence-electron chi connectivity index (χ1n) is 28.0. The summed E-state index contributed by atoms with van der Waals surface area (Å²) in [6, 6.07) is 90.1. The van der Waals surface area contributed by atoms with Crippen molar-refractivity contribution < 1.29 is 4.74 Å². The average Bonchev–Trinajstić information content (AvgIpc) is 3.78. The standard InChI is InChI=1S/C76H56N4O/c1-49-14-29-64(30-15-49)80-72-40-27-58(45-74(72)81-75-46-59(28-41-73(75)80)57-24-37-67-66-36-23-56(50-10-6-4-7-11-50)43-68(66)76(2,3)69(67)44-57)53-18-31-62(32-19-53)79(65-35-22-52-16-17-55(52)42-65)63-33-20-54(21-34-63)61-26-39-71(78-48-61)70-38-25-60(47-77-70)51-12-8-5-9-13-51/h4-15,18-48H,16-17H2,1-3H3. The highest BCUT2D eigenvalue weighted by Crippen LogP contribution is 2.54. The zero-order chi connectivity index (χ0) is 54.2. The highest BCUT2D eigenvalue weighted by Gasteiger charge is 2.36. The van der Waals surface area contributed by atoms with Crippen molar-refractivity contribution in [2.45, 2.75) is 39.0 Å². The number of hydrogen-bond acceptors (Lipinski definition) is 5. The fourth-order valence-corrected chi connectivity index (χ4v) is 12.3. The molecule has 0 amide bonds. The van der Waals surface area contributed by atoms with Crippen LogP contribution in [-0.4, -0.2) is 9.97 Å². The van der Waals surface area contributed by atoms with Crippen LogP contribution in [0.1, 0.15) is 41.7 Å². The van der Waals surface area contributed by atoms with E-state index in [0.717, 1.165) is 109 Å². The predicted molar refractivity (Wildman–Crippen MR) is 334 cm³/mol. The molecule has 0 bridgehead atoms. The third kappa shape index (κ3) is 8.57. The van der Waals surface area contributed by atoms with E-state index in [1.807, 2.05) is 36.7 Å².